The van der Waals surface area contributed by atoms with Crippen LogP contribution in [0.2, 0.25) is 0 Å². The van der Waals surface area contributed by atoms with Gasteiger partial charge in [-0.1, -0.05) is 12.5 Å². The van der Waals surface area contributed by atoms with Crippen molar-refractivity contribution in [2.75, 3.05) is 19.6 Å². The van der Waals surface area contributed by atoms with E-state index in [4.69, 9.17) is 0 Å². The van der Waals surface area contributed by atoms with Gasteiger partial charge in [-0.05, 0) is 37.3 Å². The highest BCUT2D eigenvalue weighted by molar-refractivity contribution is 7.09. The van der Waals surface area contributed by atoms with Crippen molar-refractivity contribution >= 4 is 17.2 Å². The maximum absolute atomic E-state index is 12.2. The Balaban J connectivity index is 1.45. The monoisotopic (exact) mass is 333 g/mol. The molecule has 1 aliphatic rings. The Kier molecular flexibility index (Phi) is 5.76. The van der Waals surface area contributed by atoms with Gasteiger partial charge in [0.25, 0.3) is 0 Å². The third-order valence-electron chi connectivity index (χ3n) is 4.23. The molecule has 1 fully saturated rings. The van der Waals surface area contributed by atoms with Gasteiger partial charge in [-0.3, -0.25) is 14.4 Å². The molecular weight excluding hydrogens is 310 g/mol. The van der Waals surface area contributed by atoms with Gasteiger partial charge >= 0.3 is 0 Å². The van der Waals surface area contributed by atoms with Gasteiger partial charge < -0.3 is 5.32 Å². The predicted octanol–water partition coefficient (Wildman–Crippen LogP) is 1.55. The van der Waals surface area contributed by atoms with Crippen molar-refractivity contribution < 1.29 is 4.79 Å². The number of piperidine rings is 1. The van der Waals surface area contributed by atoms with Crippen LogP contribution in [0, 0.1) is 0 Å². The van der Waals surface area contributed by atoms with Crippen LogP contribution in [0.3, 0.4) is 0 Å². The lowest BCUT2D eigenvalue weighted by Gasteiger charge is -2.35. The van der Waals surface area contributed by atoms with E-state index in [1.165, 1.54) is 11.3 Å². The van der Waals surface area contributed by atoms with Gasteiger partial charge in [0, 0.05) is 17.5 Å². The Hall–Kier alpha value is -1.73. The van der Waals surface area contributed by atoms with Crippen molar-refractivity contribution in [3.63, 3.8) is 0 Å². The summed E-state index contributed by atoms with van der Waals surface area (Å²) in [6.07, 6.45) is 7.71. The molecule has 1 saturated heterocycles. The summed E-state index contributed by atoms with van der Waals surface area (Å²) in [7, 11) is 0. The molecule has 2 aromatic rings. The summed E-state index contributed by atoms with van der Waals surface area (Å²) >= 11 is 1.74. The smallest absolute Gasteiger partial charge is 0.234 e. The lowest BCUT2D eigenvalue weighted by molar-refractivity contribution is -0.123. The van der Waals surface area contributed by atoms with E-state index < -0.39 is 0 Å². The van der Waals surface area contributed by atoms with Gasteiger partial charge in [0.1, 0.15) is 12.7 Å². The number of hydrogen-bond acceptors (Lipinski definition) is 5. The Morgan fingerprint density at radius 1 is 1.43 bits per heavy atom. The summed E-state index contributed by atoms with van der Waals surface area (Å²) in [4.78, 5) is 19.8. The van der Waals surface area contributed by atoms with E-state index in [1.54, 1.807) is 24.0 Å². The molecule has 1 aliphatic heterocycles. The Labute approximate surface area is 140 Å². The Morgan fingerprint density at radius 2 is 2.39 bits per heavy atom. The molecule has 6 nitrogen and oxygen atoms in total. The number of carbonyl (C=O) groups excluding carboxylic acids is 1. The SMILES string of the molecule is O=C(CN1CCCC[C@@H]1Cn1cncn1)NCCc1cccs1. The van der Waals surface area contributed by atoms with Crippen LogP contribution >= 0.6 is 11.3 Å². The van der Waals surface area contributed by atoms with Crippen molar-refractivity contribution in [2.24, 2.45) is 0 Å². The number of nitrogens with one attached hydrogen (secondary N) is 1. The van der Waals surface area contributed by atoms with Gasteiger partial charge in [-0.2, -0.15) is 5.10 Å². The fourth-order valence-electron chi connectivity index (χ4n) is 3.04. The second-order valence-corrected chi connectivity index (χ2v) is 6.95. The number of likely N-dealkylation sites (tertiary alicyclic amines) is 1. The maximum atomic E-state index is 12.2. The Morgan fingerprint density at radius 3 is 3.17 bits per heavy atom. The molecule has 0 aliphatic carbocycles. The van der Waals surface area contributed by atoms with Gasteiger partial charge in [0.15, 0.2) is 0 Å². The molecule has 1 amide bonds. The van der Waals surface area contributed by atoms with Crippen molar-refractivity contribution in [3.05, 3.63) is 35.0 Å². The molecule has 3 rings (SSSR count). The van der Waals surface area contributed by atoms with E-state index in [-0.39, 0.29) is 5.91 Å². The first kappa shape index (κ1) is 16.1. The predicted molar refractivity (Wildman–Crippen MR) is 90.3 cm³/mol. The fourth-order valence-corrected chi connectivity index (χ4v) is 3.75. The zero-order valence-corrected chi connectivity index (χ0v) is 14.0. The molecule has 7 heteroatoms. The summed E-state index contributed by atoms with van der Waals surface area (Å²) in [6, 6.07) is 4.52. The second-order valence-electron chi connectivity index (χ2n) is 5.92. The first-order valence-electron chi connectivity index (χ1n) is 8.17. The Bertz CT molecular complexity index is 584. The average molecular weight is 333 g/mol. The third kappa shape index (κ3) is 4.87. The average Bonchev–Trinajstić information content (AvgIpc) is 3.23. The lowest BCUT2D eigenvalue weighted by atomic mass is 10.0. The summed E-state index contributed by atoms with van der Waals surface area (Å²) in [5.74, 6) is 0.118. The number of aromatic nitrogens is 3. The summed E-state index contributed by atoms with van der Waals surface area (Å²) in [5.41, 5.74) is 0. The quantitative estimate of drug-likeness (QED) is 0.835. The first-order valence-corrected chi connectivity index (χ1v) is 9.05. The molecule has 0 saturated carbocycles. The molecule has 3 heterocycles. The van der Waals surface area contributed by atoms with E-state index in [1.807, 2.05) is 10.7 Å². The highest BCUT2D eigenvalue weighted by Gasteiger charge is 2.24. The number of rotatable bonds is 7. The van der Waals surface area contributed by atoms with E-state index in [2.05, 4.69) is 31.7 Å². The molecule has 0 spiro atoms. The molecule has 0 bridgehead atoms. The van der Waals surface area contributed by atoms with Gasteiger partial charge in [-0.15, -0.1) is 11.3 Å². The largest absolute Gasteiger partial charge is 0.355 e. The summed E-state index contributed by atoms with van der Waals surface area (Å²) in [6.45, 7) is 2.98. The zero-order chi connectivity index (χ0) is 15.9. The minimum absolute atomic E-state index is 0.118. The first-order chi connectivity index (χ1) is 11.3. The standard InChI is InChI=1S/C16H23N5OS/c22-16(18-7-6-15-5-3-9-23-15)11-20-8-2-1-4-14(20)10-21-13-17-12-19-21/h3,5,9,12-14H,1-2,4,6-8,10-11H2,(H,18,22)/t14-/m1/s1. The summed E-state index contributed by atoms with van der Waals surface area (Å²) < 4.78 is 1.86. The minimum Gasteiger partial charge on any atom is -0.355 e. The van der Waals surface area contributed by atoms with E-state index in [0.29, 0.717) is 19.1 Å². The van der Waals surface area contributed by atoms with Crippen molar-refractivity contribution in [1.82, 2.24) is 25.0 Å². The molecule has 1 atom stereocenters. The van der Waals surface area contributed by atoms with Crippen molar-refractivity contribution in [3.8, 4) is 0 Å². The van der Waals surface area contributed by atoms with Crippen LogP contribution in [0.4, 0.5) is 0 Å². The van der Waals surface area contributed by atoms with Crippen LogP contribution in [0.25, 0.3) is 0 Å². The number of nitrogens with zero attached hydrogens (tertiary/aromatic N) is 4. The number of hydrogen-bond donors (Lipinski definition) is 1. The highest BCUT2D eigenvalue weighted by Crippen LogP contribution is 2.17. The molecule has 2 aromatic heterocycles. The molecule has 0 unspecified atom stereocenters. The van der Waals surface area contributed by atoms with E-state index in [0.717, 1.165) is 32.4 Å². The second kappa shape index (κ2) is 8.21. The topological polar surface area (TPSA) is 63.1 Å². The van der Waals surface area contributed by atoms with Gasteiger partial charge in [0.2, 0.25) is 5.91 Å². The van der Waals surface area contributed by atoms with Crippen LogP contribution < -0.4 is 5.32 Å². The molecule has 0 radical (unpaired) electrons. The minimum atomic E-state index is 0.118. The molecule has 124 valence electrons. The fraction of sp³-hybridized carbons (Fsp3) is 0.562. The maximum Gasteiger partial charge on any atom is 0.234 e. The molecule has 23 heavy (non-hydrogen) atoms. The zero-order valence-electron chi connectivity index (χ0n) is 13.2. The van der Waals surface area contributed by atoms with Gasteiger partial charge in [-0.25, -0.2) is 4.98 Å². The van der Waals surface area contributed by atoms with Crippen LogP contribution in [0.5, 0.6) is 0 Å². The highest BCUT2D eigenvalue weighted by atomic mass is 32.1. The normalized spacial score (nSPS) is 18.9. The number of carbonyl (C=O) groups is 1. The van der Waals surface area contributed by atoms with Crippen LogP contribution in [0.1, 0.15) is 24.1 Å². The number of thiophene rings is 1. The van der Waals surface area contributed by atoms with Gasteiger partial charge in [0.05, 0.1) is 13.1 Å². The third-order valence-corrected chi connectivity index (χ3v) is 5.17. The van der Waals surface area contributed by atoms with Crippen molar-refractivity contribution in [2.45, 2.75) is 38.3 Å². The molecule has 0 aromatic carbocycles. The summed E-state index contributed by atoms with van der Waals surface area (Å²) in [5, 5.41) is 9.29. The van der Waals surface area contributed by atoms with Crippen LogP contribution in [0.15, 0.2) is 30.2 Å². The number of amides is 1. The molecule has 1 N–H and O–H groups in total. The molecular formula is C16H23N5OS. The van der Waals surface area contributed by atoms with E-state index in [9.17, 15) is 4.79 Å². The lowest BCUT2D eigenvalue weighted by Crippen LogP contribution is -2.47. The van der Waals surface area contributed by atoms with Crippen molar-refractivity contribution in [1.29, 1.82) is 0 Å². The van der Waals surface area contributed by atoms with Crippen LogP contribution in [-0.4, -0.2) is 51.2 Å². The van der Waals surface area contributed by atoms with Crippen LogP contribution in [-0.2, 0) is 17.8 Å². The van der Waals surface area contributed by atoms with E-state index >= 15 is 0 Å².